The molecule has 0 bridgehead atoms. The standard InChI is InChI=1S/C5H10O3/c1-3(6)5(8)4(2)7/h3,5-6,8H,1-2H3. The minimum absolute atomic E-state index is 0.403. The van der Waals surface area contributed by atoms with Gasteiger partial charge in [-0.15, -0.1) is 0 Å². The molecule has 0 radical (unpaired) electrons. The van der Waals surface area contributed by atoms with Crippen LogP contribution in [-0.2, 0) is 4.79 Å². The average Bonchev–Trinajstić information content (AvgIpc) is 1.64. The molecule has 3 heteroatoms. The Morgan fingerprint density at radius 1 is 1.50 bits per heavy atom. The largest absolute Gasteiger partial charge is 0.390 e. The van der Waals surface area contributed by atoms with Gasteiger partial charge in [-0.05, 0) is 13.8 Å². The highest BCUT2D eigenvalue weighted by molar-refractivity contribution is 5.80. The molecule has 0 aliphatic rings. The number of carbonyl (C=O) groups is 1. The van der Waals surface area contributed by atoms with Crippen LogP contribution in [0.3, 0.4) is 0 Å². The van der Waals surface area contributed by atoms with Gasteiger partial charge in [-0.1, -0.05) is 0 Å². The predicted molar refractivity (Wildman–Crippen MR) is 28.4 cm³/mol. The highest BCUT2D eigenvalue weighted by atomic mass is 16.3. The van der Waals surface area contributed by atoms with Crippen molar-refractivity contribution in [1.29, 1.82) is 0 Å². The van der Waals surface area contributed by atoms with E-state index in [4.69, 9.17) is 10.2 Å². The van der Waals surface area contributed by atoms with Crippen LogP contribution >= 0.6 is 0 Å². The van der Waals surface area contributed by atoms with Gasteiger partial charge in [-0.2, -0.15) is 0 Å². The fourth-order valence-electron chi connectivity index (χ4n) is 0.340. The van der Waals surface area contributed by atoms with Crippen molar-refractivity contribution in [3.8, 4) is 0 Å². The quantitative estimate of drug-likeness (QED) is 0.505. The van der Waals surface area contributed by atoms with Gasteiger partial charge in [-0.25, -0.2) is 0 Å². The lowest BCUT2D eigenvalue weighted by Crippen LogP contribution is -2.29. The zero-order valence-corrected chi connectivity index (χ0v) is 4.96. The van der Waals surface area contributed by atoms with Crippen LogP contribution in [-0.4, -0.2) is 28.2 Å². The summed E-state index contributed by atoms with van der Waals surface area (Å²) in [6.07, 6.45) is -2.16. The third-order valence-corrected chi connectivity index (χ3v) is 0.873. The molecule has 0 spiro atoms. The molecule has 2 N–H and O–H groups in total. The molecule has 8 heavy (non-hydrogen) atoms. The van der Waals surface area contributed by atoms with Crippen LogP contribution in [0.1, 0.15) is 13.8 Å². The van der Waals surface area contributed by atoms with Gasteiger partial charge in [0.15, 0.2) is 5.78 Å². The van der Waals surface area contributed by atoms with Crippen LogP contribution in [0.15, 0.2) is 0 Å². The summed E-state index contributed by atoms with van der Waals surface area (Å²) in [6.45, 7) is 2.60. The van der Waals surface area contributed by atoms with Gasteiger partial charge >= 0.3 is 0 Å². The van der Waals surface area contributed by atoms with Crippen molar-refractivity contribution >= 4 is 5.78 Å². The van der Waals surface area contributed by atoms with Crippen molar-refractivity contribution in [3.05, 3.63) is 0 Å². The van der Waals surface area contributed by atoms with E-state index < -0.39 is 18.0 Å². The van der Waals surface area contributed by atoms with E-state index in [1.54, 1.807) is 0 Å². The number of ketones is 1. The van der Waals surface area contributed by atoms with Crippen LogP contribution in [0.5, 0.6) is 0 Å². The van der Waals surface area contributed by atoms with E-state index >= 15 is 0 Å². The Morgan fingerprint density at radius 2 is 1.88 bits per heavy atom. The van der Waals surface area contributed by atoms with E-state index in [2.05, 4.69) is 0 Å². The van der Waals surface area contributed by atoms with E-state index in [9.17, 15) is 4.79 Å². The summed E-state index contributed by atoms with van der Waals surface area (Å²) in [6, 6.07) is 0. The molecule has 0 saturated carbocycles. The van der Waals surface area contributed by atoms with Gasteiger partial charge < -0.3 is 10.2 Å². The highest BCUT2D eigenvalue weighted by Crippen LogP contribution is 1.91. The molecule has 2 atom stereocenters. The molecule has 0 aromatic carbocycles. The number of aliphatic hydroxyl groups is 2. The molecule has 0 aromatic rings. The molecule has 0 fully saturated rings. The van der Waals surface area contributed by atoms with Crippen LogP contribution < -0.4 is 0 Å². The van der Waals surface area contributed by atoms with Crippen molar-refractivity contribution in [2.75, 3.05) is 0 Å². The zero-order chi connectivity index (χ0) is 6.73. The Morgan fingerprint density at radius 3 is 1.88 bits per heavy atom. The Kier molecular flexibility index (Phi) is 2.65. The average molecular weight is 118 g/mol. The van der Waals surface area contributed by atoms with Crippen molar-refractivity contribution in [3.63, 3.8) is 0 Å². The molecule has 0 heterocycles. The number of carbonyl (C=O) groups excluding carboxylic acids is 1. The molecular formula is C5H10O3. The first kappa shape index (κ1) is 7.59. The van der Waals surface area contributed by atoms with Crippen molar-refractivity contribution in [1.82, 2.24) is 0 Å². The summed E-state index contributed by atoms with van der Waals surface area (Å²) in [7, 11) is 0. The molecule has 3 nitrogen and oxygen atoms in total. The molecular weight excluding hydrogens is 108 g/mol. The van der Waals surface area contributed by atoms with Gasteiger partial charge in [-0.3, -0.25) is 4.79 Å². The van der Waals surface area contributed by atoms with Gasteiger partial charge in [0.05, 0.1) is 6.10 Å². The topological polar surface area (TPSA) is 57.5 Å². The maximum Gasteiger partial charge on any atom is 0.160 e. The van der Waals surface area contributed by atoms with E-state index in [0.29, 0.717) is 0 Å². The second kappa shape index (κ2) is 2.79. The molecule has 0 saturated heterocycles. The second-order valence-electron chi connectivity index (χ2n) is 1.80. The maximum absolute atomic E-state index is 10.2. The van der Waals surface area contributed by atoms with Crippen LogP contribution in [0.25, 0.3) is 0 Å². The fourth-order valence-corrected chi connectivity index (χ4v) is 0.340. The molecule has 0 aliphatic carbocycles. The third-order valence-electron chi connectivity index (χ3n) is 0.873. The van der Waals surface area contributed by atoms with Gasteiger partial charge in [0.1, 0.15) is 6.10 Å². The Hall–Kier alpha value is -0.410. The van der Waals surface area contributed by atoms with Gasteiger partial charge in [0.2, 0.25) is 0 Å². The number of aliphatic hydroxyl groups excluding tert-OH is 2. The summed E-state index contributed by atoms with van der Waals surface area (Å²) < 4.78 is 0. The smallest absolute Gasteiger partial charge is 0.160 e. The number of rotatable bonds is 2. The summed E-state index contributed by atoms with van der Waals surface area (Å²) >= 11 is 0. The number of hydrogen-bond donors (Lipinski definition) is 2. The molecule has 0 aromatic heterocycles. The summed E-state index contributed by atoms with van der Waals surface area (Å²) in [5, 5.41) is 17.1. The Bertz CT molecular complexity index is 87.7. The first-order chi connectivity index (χ1) is 3.55. The first-order valence-electron chi connectivity index (χ1n) is 2.42. The van der Waals surface area contributed by atoms with Gasteiger partial charge in [0.25, 0.3) is 0 Å². The zero-order valence-electron chi connectivity index (χ0n) is 4.96. The monoisotopic (exact) mass is 118 g/mol. The lowest BCUT2D eigenvalue weighted by Gasteiger charge is -2.07. The Balaban J connectivity index is 3.64. The van der Waals surface area contributed by atoms with Crippen molar-refractivity contribution in [2.24, 2.45) is 0 Å². The lowest BCUT2D eigenvalue weighted by atomic mass is 10.2. The minimum atomic E-state index is -1.21. The minimum Gasteiger partial charge on any atom is -0.390 e. The normalized spacial score (nSPS) is 17.5. The molecule has 0 amide bonds. The maximum atomic E-state index is 10.2. The van der Waals surface area contributed by atoms with Crippen molar-refractivity contribution in [2.45, 2.75) is 26.1 Å². The summed E-state index contributed by atoms with van der Waals surface area (Å²) in [4.78, 5) is 10.2. The first-order valence-corrected chi connectivity index (χ1v) is 2.42. The molecule has 2 unspecified atom stereocenters. The van der Waals surface area contributed by atoms with Crippen LogP contribution in [0, 0.1) is 0 Å². The Labute approximate surface area is 47.9 Å². The summed E-state index contributed by atoms with van der Waals surface area (Å²) in [5.74, 6) is -0.403. The lowest BCUT2D eigenvalue weighted by molar-refractivity contribution is -0.129. The molecule has 0 aliphatic heterocycles. The fraction of sp³-hybridized carbons (Fsp3) is 0.800. The van der Waals surface area contributed by atoms with E-state index in [0.717, 1.165) is 0 Å². The molecule has 0 rings (SSSR count). The predicted octanol–water partition coefficient (Wildman–Crippen LogP) is -0.683. The summed E-state index contributed by atoms with van der Waals surface area (Å²) in [5.41, 5.74) is 0. The van der Waals surface area contributed by atoms with E-state index in [1.165, 1.54) is 13.8 Å². The van der Waals surface area contributed by atoms with E-state index in [1.807, 2.05) is 0 Å². The highest BCUT2D eigenvalue weighted by Gasteiger charge is 2.14. The number of Topliss-reactive ketones (excluding diaryl/α,β-unsaturated/α-hetero) is 1. The third kappa shape index (κ3) is 2.04. The second-order valence-corrected chi connectivity index (χ2v) is 1.80. The van der Waals surface area contributed by atoms with Crippen LogP contribution in [0.2, 0.25) is 0 Å². The number of hydrogen-bond acceptors (Lipinski definition) is 3. The van der Waals surface area contributed by atoms with Crippen LogP contribution in [0.4, 0.5) is 0 Å². The van der Waals surface area contributed by atoms with Gasteiger partial charge in [0, 0.05) is 0 Å². The van der Waals surface area contributed by atoms with Crippen molar-refractivity contribution < 1.29 is 15.0 Å². The SMILES string of the molecule is CC(=O)C(O)C(C)O. The molecule has 48 valence electrons. The van der Waals surface area contributed by atoms with E-state index in [-0.39, 0.29) is 0 Å².